The summed E-state index contributed by atoms with van der Waals surface area (Å²) in [6, 6.07) is 19.3. The predicted octanol–water partition coefficient (Wildman–Crippen LogP) is 8.40. The van der Waals surface area contributed by atoms with Crippen molar-refractivity contribution < 1.29 is 28.3 Å². The molecule has 0 aliphatic rings. The van der Waals surface area contributed by atoms with Crippen LogP contribution in [0.3, 0.4) is 0 Å². The molecule has 1 amide bonds. The van der Waals surface area contributed by atoms with Gasteiger partial charge in [0.25, 0.3) is 0 Å². The molecule has 0 atom stereocenters. The molecular weight excluding hydrogens is 599 g/mol. The van der Waals surface area contributed by atoms with Gasteiger partial charge in [0.1, 0.15) is 47.6 Å². The number of anilines is 2. The smallest absolute Gasteiger partial charge is 0.243 e. The summed E-state index contributed by atoms with van der Waals surface area (Å²) in [6.07, 6.45) is 7.30. The van der Waals surface area contributed by atoms with Crippen LogP contribution in [-0.2, 0) is 17.8 Å². The number of rotatable bonds is 15. The maximum Gasteiger partial charge on any atom is 0.243 e. The summed E-state index contributed by atoms with van der Waals surface area (Å²) in [5.74, 6) is 2.58. The van der Waals surface area contributed by atoms with E-state index in [0.717, 1.165) is 55.2 Å². The van der Waals surface area contributed by atoms with E-state index in [-0.39, 0.29) is 18.3 Å². The zero-order valence-corrected chi connectivity index (χ0v) is 25.6. The van der Waals surface area contributed by atoms with Crippen LogP contribution in [0.4, 0.5) is 15.9 Å². The average molecular weight is 633 g/mol. The SMILES string of the molecule is COc1cc2ncnc(Nc3ccc(OCc4cccc(F)c4)c(Cl)c3)c2cc1-c1ccc(CCCCCCCC(=O)NO)o1. The minimum absolute atomic E-state index is 0.188. The number of methoxy groups -OCH3 is 1. The van der Waals surface area contributed by atoms with Crippen LogP contribution in [0.25, 0.3) is 22.2 Å². The fourth-order valence-corrected chi connectivity index (χ4v) is 5.23. The van der Waals surface area contributed by atoms with E-state index >= 15 is 0 Å². The van der Waals surface area contributed by atoms with Crippen molar-refractivity contribution >= 4 is 39.9 Å². The normalized spacial score (nSPS) is 11.0. The monoisotopic (exact) mass is 632 g/mol. The first kappa shape index (κ1) is 31.7. The van der Waals surface area contributed by atoms with E-state index in [4.69, 9.17) is 30.7 Å². The Balaban J connectivity index is 1.26. The first-order valence-corrected chi connectivity index (χ1v) is 15.1. The lowest BCUT2D eigenvalue weighted by atomic mass is 10.1. The Hall–Kier alpha value is -4.67. The van der Waals surface area contributed by atoms with Crippen LogP contribution in [-0.4, -0.2) is 28.2 Å². The number of nitrogens with zero attached hydrogens (tertiary/aromatic N) is 2. The summed E-state index contributed by atoms with van der Waals surface area (Å²) in [5.41, 5.74) is 4.53. The molecule has 11 heteroatoms. The summed E-state index contributed by atoms with van der Waals surface area (Å²) in [6.45, 7) is 0.188. The predicted molar refractivity (Wildman–Crippen MR) is 171 cm³/mol. The van der Waals surface area contributed by atoms with Gasteiger partial charge in [-0.1, -0.05) is 43.0 Å². The Morgan fingerprint density at radius 2 is 1.82 bits per heavy atom. The summed E-state index contributed by atoms with van der Waals surface area (Å²) in [5, 5.41) is 13.1. The van der Waals surface area contributed by atoms with E-state index in [1.807, 2.05) is 30.3 Å². The number of hydrogen-bond acceptors (Lipinski definition) is 8. The molecule has 0 unspecified atom stereocenters. The number of unbranched alkanes of at least 4 members (excludes halogenated alkanes) is 4. The van der Waals surface area contributed by atoms with Crippen molar-refractivity contribution in [3.63, 3.8) is 0 Å². The first-order chi connectivity index (χ1) is 21.9. The molecule has 0 spiro atoms. The molecule has 0 bridgehead atoms. The van der Waals surface area contributed by atoms with Gasteiger partial charge in [-0.2, -0.15) is 0 Å². The van der Waals surface area contributed by atoms with Gasteiger partial charge < -0.3 is 19.2 Å². The van der Waals surface area contributed by atoms with Gasteiger partial charge in [0, 0.05) is 30.0 Å². The number of benzene rings is 3. The van der Waals surface area contributed by atoms with E-state index in [9.17, 15) is 9.18 Å². The van der Waals surface area contributed by atoms with E-state index < -0.39 is 0 Å². The highest BCUT2D eigenvalue weighted by Gasteiger charge is 2.16. The van der Waals surface area contributed by atoms with Crippen molar-refractivity contribution in [2.24, 2.45) is 0 Å². The third-order valence-electron chi connectivity index (χ3n) is 7.31. The van der Waals surface area contributed by atoms with Gasteiger partial charge in [-0.15, -0.1) is 0 Å². The van der Waals surface area contributed by atoms with Crippen molar-refractivity contribution in [1.82, 2.24) is 15.4 Å². The van der Waals surface area contributed by atoms with Gasteiger partial charge in [-0.3, -0.25) is 10.0 Å². The molecule has 3 aromatic carbocycles. The van der Waals surface area contributed by atoms with Crippen LogP contribution < -0.4 is 20.3 Å². The lowest BCUT2D eigenvalue weighted by molar-refractivity contribution is -0.129. The molecule has 0 saturated carbocycles. The number of carbonyl (C=O) groups is 1. The molecule has 2 heterocycles. The van der Waals surface area contributed by atoms with Gasteiger partial charge in [-0.05, 0) is 66.9 Å². The van der Waals surface area contributed by atoms with Crippen LogP contribution in [0.15, 0.2) is 77.5 Å². The number of aromatic nitrogens is 2. The molecule has 0 fully saturated rings. The number of ether oxygens (including phenoxy) is 2. The molecular formula is C34H34ClFN4O5. The van der Waals surface area contributed by atoms with Crippen molar-refractivity contribution in [1.29, 1.82) is 0 Å². The van der Waals surface area contributed by atoms with Crippen molar-refractivity contribution in [2.45, 2.75) is 51.6 Å². The van der Waals surface area contributed by atoms with Crippen molar-refractivity contribution in [3.05, 3.63) is 95.2 Å². The molecule has 234 valence electrons. The Morgan fingerprint density at radius 1 is 0.978 bits per heavy atom. The van der Waals surface area contributed by atoms with E-state index in [0.29, 0.717) is 51.3 Å². The second-order valence-corrected chi connectivity index (χ2v) is 11.0. The van der Waals surface area contributed by atoms with Crippen molar-refractivity contribution in [3.8, 4) is 22.8 Å². The zero-order chi connectivity index (χ0) is 31.6. The van der Waals surface area contributed by atoms with Gasteiger partial charge in [-0.25, -0.2) is 19.8 Å². The molecule has 0 aliphatic carbocycles. The second kappa shape index (κ2) is 15.4. The molecule has 0 radical (unpaired) electrons. The van der Waals surface area contributed by atoms with Gasteiger partial charge in [0.05, 0.1) is 23.2 Å². The standard InChI is InChI=1S/C34H34ClFN4O5/c1-43-32-19-29-26(18-27(32)30-15-13-25(45-30)10-5-3-2-4-6-11-33(41)40-42)34(38-21-37-29)39-24-12-14-31(28(35)17-24)44-20-22-8-7-9-23(36)16-22/h7-9,12-19,21,42H,2-6,10-11,20H2,1H3,(H,40,41)(H,37,38,39). The van der Waals surface area contributed by atoms with Crippen LogP contribution in [0.5, 0.6) is 11.5 Å². The maximum absolute atomic E-state index is 13.5. The van der Waals surface area contributed by atoms with Gasteiger partial charge in [0.15, 0.2) is 0 Å². The summed E-state index contributed by atoms with van der Waals surface area (Å²) in [7, 11) is 1.61. The fraction of sp³-hybridized carbons (Fsp3) is 0.265. The molecule has 2 aromatic heterocycles. The van der Waals surface area contributed by atoms with E-state index in [2.05, 4.69) is 15.3 Å². The van der Waals surface area contributed by atoms with Crippen molar-refractivity contribution in [2.75, 3.05) is 12.4 Å². The van der Waals surface area contributed by atoms with Gasteiger partial charge >= 0.3 is 0 Å². The minimum Gasteiger partial charge on any atom is -0.496 e. The lowest BCUT2D eigenvalue weighted by Crippen LogP contribution is -2.17. The number of hydrogen-bond donors (Lipinski definition) is 3. The number of furan rings is 1. The van der Waals surface area contributed by atoms with Crippen LogP contribution in [0.2, 0.25) is 5.02 Å². The Morgan fingerprint density at radius 3 is 2.62 bits per heavy atom. The number of hydroxylamine groups is 1. The third kappa shape index (κ3) is 8.49. The Kier molecular flexibility index (Phi) is 10.8. The number of fused-ring (bicyclic) bond motifs is 1. The highest BCUT2D eigenvalue weighted by atomic mass is 35.5. The Labute approximate surface area is 265 Å². The highest BCUT2D eigenvalue weighted by molar-refractivity contribution is 6.32. The Bertz CT molecular complexity index is 1760. The van der Waals surface area contributed by atoms with E-state index in [1.54, 1.807) is 36.9 Å². The molecule has 0 aliphatic heterocycles. The molecule has 0 saturated heterocycles. The summed E-state index contributed by atoms with van der Waals surface area (Å²) < 4.78 is 31.2. The lowest BCUT2D eigenvalue weighted by Gasteiger charge is -2.13. The number of carbonyl (C=O) groups excluding carboxylic acids is 1. The molecule has 5 aromatic rings. The average Bonchev–Trinajstić information content (AvgIpc) is 3.52. The number of aryl methyl sites for hydroxylation is 1. The topological polar surface area (TPSA) is 119 Å². The maximum atomic E-state index is 13.5. The van der Waals surface area contributed by atoms with Crippen LogP contribution in [0.1, 0.15) is 49.8 Å². The quantitative estimate of drug-likeness (QED) is 0.0598. The second-order valence-electron chi connectivity index (χ2n) is 10.5. The summed E-state index contributed by atoms with van der Waals surface area (Å²) in [4.78, 5) is 20.0. The van der Waals surface area contributed by atoms with Crippen LogP contribution in [0, 0.1) is 5.82 Å². The number of amides is 1. The first-order valence-electron chi connectivity index (χ1n) is 14.7. The molecule has 9 nitrogen and oxygen atoms in total. The van der Waals surface area contributed by atoms with Gasteiger partial charge in [0.2, 0.25) is 5.91 Å². The highest BCUT2D eigenvalue weighted by Crippen LogP contribution is 2.38. The number of halogens is 2. The van der Waals surface area contributed by atoms with E-state index in [1.165, 1.54) is 18.5 Å². The molecule has 3 N–H and O–H groups in total. The third-order valence-corrected chi connectivity index (χ3v) is 7.61. The summed E-state index contributed by atoms with van der Waals surface area (Å²) >= 11 is 6.52. The largest absolute Gasteiger partial charge is 0.496 e. The molecule has 45 heavy (non-hydrogen) atoms. The minimum atomic E-state index is -0.347. The van der Waals surface area contributed by atoms with Crippen LogP contribution >= 0.6 is 11.6 Å². The fourth-order valence-electron chi connectivity index (χ4n) is 4.99. The zero-order valence-electron chi connectivity index (χ0n) is 24.8. The number of nitrogens with one attached hydrogen (secondary N) is 2. The molecule has 5 rings (SSSR count).